The van der Waals surface area contributed by atoms with E-state index in [1.165, 1.54) is 19.3 Å². The second kappa shape index (κ2) is 11.2. The maximum absolute atomic E-state index is 12.1. The Morgan fingerprint density at radius 3 is 2.96 bits per heavy atom. The molecule has 146 valence electrons. The monoisotopic (exact) mass is 362 g/mol. The van der Waals surface area contributed by atoms with E-state index in [1.807, 2.05) is 19.1 Å². The third-order valence-electron chi connectivity index (χ3n) is 4.90. The van der Waals surface area contributed by atoms with E-state index in [9.17, 15) is 4.79 Å². The number of amides is 1. The van der Waals surface area contributed by atoms with E-state index >= 15 is 0 Å². The van der Waals surface area contributed by atoms with Crippen LogP contribution in [0.3, 0.4) is 0 Å². The van der Waals surface area contributed by atoms with Crippen LogP contribution in [0.15, 0.2) is 24.3 Å². The Bertz CT molecular complexity index is 550. The molecule has 3 unspecified atom stereocenters. The lowest BCUT2D eigenvalue weighted by Gasteiger charge is -2.26. The van der Waals surface area contributed by atoms with Gasteiger partial charge in [-0.05, 0) is 49.8 Å². The van der Waals surface area contributed by atoms with E-state index in [4.69, 9.17) is 9.47 Å². The third kappa shape index (κ3) is 7.34. The van der Waals surface area contributed by atoms with Crippen molar-refractivity contribution in [2.24, 2.45) is 5.92 Å². The van der Waals surface area contributed by atoms with Gasteiger partial charge < -0.3 is 20.1 Å². The molecule has 5 heteroatoms. The fraction of sp³-hybridized carbons (Fsp3) is 0.667. The van der Waals surface area contributed by atoms with Gasteiger partial charge in [0, 0.05) is 25.9 Å². The zero-order valence-corrected chi connectivity index (χ0v) is 16.4. The van der Waals surface area contributed by atoms with Crippen LogP contribution in [0, 0.1) is 5.92 Å². The molecule has 1 aromatic rings. The Balaban J connectivity index is 1.77. The number of methoxy groups -OCH3 is 1. The summed E-state index contributed by atoms with van der Waals surface area (Å²) < 4.78 is 11.1. The first-order valence-corrected chi connectivity index (χ1v) is 9.82. The molecule has 1 aromatic carbocycles. The fourth-order valence-electron chi connectivity index (χ4n) is 3.39. The summed E-state index contributed by atoms with van der Waals surface area (Å²) in [4.78, 5) is 12.1. The first-order valence-electron chi connectivity index (χ1n) is 9.82. The van der Waals surface area contributed by atoms with Gasteiger partial charge >= 0.3 is 0 Å². The number of ether oxygens (including phenoxy) is 2. The molecule has 0 aliphatic heterocycles. The number of benzene rings is 1. The van der Waals surface area contributed by atoms with Crippen molar-refractivity contribution in [2.45, 2.75) is 64.7 Å². The SMILES string of the molecule is COCCCNC(=O)C(C)Nc1cccc(COC2CCCC(C)C2)c1. The largest absolute Gasteiger partial charge is 0.385 e. The lowest BCUT2D eigenvalue weighted by atomic mass is 9.89. The lowest BCUT2D eigenvalue weighted by molar-refractivity contribution is -0.121. The molecule has 1 aliphatic rings. The molecule has 1 fully saturated rings. The van der Waals surface area contributed by atoms with E-state index in [-0.39, 0.29) is 11.9 Å². The highest BCUT2D eigenvalue weighted by Crippen LogP contribution is 2.26. The van der Waals surface area contributed by atoms with Gasteiger partial charge in [0.2, 0.25) is 5.91 Å². The molecule has 0 saturated heterocycles. The van der Waals surface area contributed by atoms with Gasteiger partial charge in [0.05, 0.1) is 12.7 Å². The highest BCUT2D eigenvalue weighted by Gasteiger charge is 2.19. The maximum atomic E-state index is 12.1. The van der Waals surface area contributed by atoms with Gasteiger partial charge in [0.25, 0.3) is 0 Å². The minimum absolute atomic E-state index is 0.000973. The van der Waals surface area contributed by atoms with Gasteiger partial charge in [-0.1, -0.05) is 31.9 Å². The molecule has 0 bridgehead atoms. The first-order chi connectivity index (χ1) is 12.6. The summed E-state index contributed by atoms with van der Waals surface area (Å²) in [7, 11) is 1.66. The van der Waals surface area contributed by atoms with Crippen LogP contribution in [0.1, 0.15) is 51.5 Å². The highest BCUT2D eigenvalue weighted by molar-refractivity contribution is 5.84. The molecule has 2 N–H and O–H groups in total. The molecule has 26 heavy (non-hydrogen) atoms. The topological polar surface area (TPSA) is 59.6 Å². The van der Waals surface area contributed by atoms with Crippen LogP contribution >= 0.6 is 0 Å². The number of hydrogen-bond acceptors (Lipinski definition) is 4. The van der Waals surface area contributed by atoms with E-state index in [2.05, 4.69) is 29.7 Å². The molecule has 1 saturated carbocycles. The van der Waals surface area contributed by atoms with E-state index < -0.39 is 0 Å². The van der Waals surface area contributed by atoms with Gasteiger partial charge in [-0.3, -0.25) is 4.79 Å². The predicted molar refractivity (Wildman–Crippen MR) is 105 cm³/mol. The normalized spacial score (nSPS) is 21.2. The molecular weight excluding hydrogens is 328 g/mol. The summed E-state index contributed by atoms with van der Waals surface area (Å²) in [6, 6.07) is 7.86. The summed E-state index contributed by atoms with van der Waals surface area (Å²) in [6.45, 7) is 6.10. The van der Waals surface area contributed by atoms with Crippen LogP contribution in [0.2, 0.25) is 0 Å². The number of carbonyl (C=O) groups is 1. The second-order valence-electron chi connectivity index (χ2n) is 7.41. The second-order valence-corrected chi connectivity index (χ2v) is 7.41. The predicted octanol–water partition coefficient (Wildman–Crippen LogP) is 3.74. The van der Waals surface area contributed by atoms with Gasteiger partial charge in [-0.25, -0.2) is 0 Å². The van der Waals surface area contributed by atoms with Crippen molar-refractivity contribution in [2.75, 3.05) is 25.6 Å². The Morgan fingerprint density at radius 1 is 1.35 bits per heavy atom. The van der Waals surface area contributed by atoms with E-state index in [0.29, 0.717) is 25.9 Å². The van der Waals surface area contributed by atoms with Gasteiger partial charge in [0.15, 0.2) is 0 Å². The number of hydrogen-bond donors (Lipinski definition) is 2. The zero-order valence-electron chi connectivity index (χ0n) is 16.4. The van der Waals surface area contributed by atoms with Crippen LogP contribution in [-0.4, -0.2) is 38.3 Å². The molecular formula is C21H34N2O3. The molecule has 1 amide bonds. The molecule has 3 atom stereocenters. The van der Waals surface area contributed by atoms with Crippen LogP contribution in [-0.2, 0) is 20.9 Å². The first kappa shape index (κ1) is 20.7. The Kier molecular flexibility index (Phi) is 8.92. The van der Waals surface area contributed by atoms with Crippen molar-refractivity contribution in [3.63, 3.8) is 0 Å². The minimum Gasteiger partial charge on any atom is -0.385 e. The van der Waals surface area contributed by atoms with E-state index in [1.54, 1.807) is 7.11 Å². The fourth-order valence-corrected chi connectivity index (χ4v) is 3.39. The summed E-state index contributed by atoms with van der Waals surface area (Å²) in [6.07, 6.45) is 6.13. The van der Waals surface area contributed by atoms with Crippen molar-refractivity contribution >= 4 is 11.6 Å². The number of carbonyl (C=O) groups excluding carboxylic acids is 1. The van der Waals surface area contributed by atoms with Crippen molar-refractivity contribution in [1.82, 2.24) is 5.32 Å². The number of nitrogens with one attached hydrogen (secondary N) is 2. The molecule has 5 nitrogen and oxygen atoms in total. The highest BCUT2D eigenvalue weighted by atomic mass is 16.5. The van der Waals surface area contributed by atoms with Crippen LogP contribution in [0.4, 0.5) is 5.69 Å². The third-order valence-corrected chi connectivity index (χ3v) is 4.90. The lowest BCUT2D eigenvalue weighted by Crippen LogP contribution is -2.38. The van der Waals surface area contributed by atoms with Gasteiger partial charge in [0.1, 0.15) is 6.04 Å². The molecule has 0 spiro atoms. The van der Waals surface area contributed by atoms with Crippen LogP contribution in [0.5, 0.6) is 0 Å². The summed E-state index contributed by atoms with van der Waals surface area (Å²) in [5.74, 6) is 0.768. The van der Waals surface area contributed by atoms with Crippen LogP contribution in [0.25, 0.3) is 0 Å². The van der Waals surface area contributed by atoms with Crippen LogP contribution < -0.4 is 10.6 Å². The van der Waals surface area contributed by atoms with Crippen molar-refractivity contribution < 1.29 is 14.3 Å². The molecule has 0 heterocycles. The Labute approximate surface area is 157 Å². The van der Waals surface area contributed by atoms with Crippen molar-refractivity contribution in [1.29, 1.82) is 0 Å². The summed E-state index contributed by atoms with van der Waals surface area (Å²) >= 11 is 0. The zero-order chi connectivity index (χ0) is 18.8. The minimum atomic E-state index is -0.284. The Morgan fingerprint density at radius 2 is 2.19 bits per heavy atom. The summed E-state index contributed by atoms with van der Waals surface area (Å²) in [5.41, 5.74) is 2.09. The average molecular weight is 363 g/mol. The number of rotatable bonds is 10. The quantitative estimate of drug-likeness (QED) is 0.623. The molecule has 0 radical (unpaired) electrons. The average Bonchev–Trinajstić information content (AvgIpc) is 2.64. The summed E-state index contributed by atoms with van der Waals surface area (Å²) in [5, 5.41) is 6.19. The number of anilines is 1. The Hall–Kier alpha value is -1.59. The molecule has 1 aliphatic carbocycles. The van der Waals surface area contributed by atoms with Crippen molar-refractivity contribution in [3.05, 3.63) is 29.8 Å². The molecule has 2 rings (SSSR count). The van der Waals surface area contributed by atoms with Gasteiger partial charge in [-0.2, -0.15) is 0 Å². The van der Waals surface area contributed by atoms with Crippen molar-refractivity contribution in [3.8, 4) is 0 Å². The standard InChI is InChI=1S/C21H34N2O3/c1-16-7-4-10-20(13-16)26-15-18-8-5-9-19(14-18)23-17(2)21(24)22-11-6-12-25-3/h5,8-9,14,16-17,20,23H,4,6-7,10-13,15H2,1-3H3,(H,22,24). The molecule has 0 aromatic heterocycles. The van der Waals surface area contributed by atoms with Gasteiger partial charge in [-0.15, -0.1) is 0 Å². The van der Waals surface area contributed by atoms with E-state index in [0.717, 1.165) is 30.0 Å². The maximum Gasteiger partial charge on any atom is 0.242 e. The smallest absolute Gasteiger partial charge is 0.242 e.